The number of rotatable bonds is 5. The lowest BCUT2D eigenvalue weighted by atomic mass is 10.1. The molecule has 0 saturated heterocycles. The molecule has 1 aliphatic heterocycles. The van der Waals surface area contributed by atoms with Gasteiger partial charge in [-0.3, -0.25) is 9.58 Å². The van der Waals surface area contributed by atoms with Crippen molar-refractivity contribution in [3.05, 3.63) is 35.0 Å². The summed E-state index contributed by atoms with van der Waals surface area (Å²) in [6, 6.07) is 2.11. The van der Waals surface area contributed by atoms with E-state index in [0.717, 1.165) is 50.2 Å². The van der Waals surface area contributed by atoms with Crippen molar-refractivity contribution in [1.82, 2.24) is 19.8 Å². The molecule has 2 aliphatic rings. The van der Waals surface area contributed by atoms with Gasteiger partial charge in [-0.05, 0) is 38.7 Å². The summed E-state index contributed by atoms with van der Waals surface area (Å²) >= 11 is 0. The highest BCUT2D eigenvalue weighted by Gasteiger charge is 2.26. The minimum absolute atomic E-state index is 0.183. The average Bonchev–Trinajstić information content (AvgIpc) is 3.30. The third-order valence-corrected chi connectivity index (χ3v) is 5.63. The van der Waals surface area contributed by atoms with E-state index in [-0.39, 0.29) is 6.10 Å². The van der Waals surface area contributed by atoms with Gasteiger partial charge in [0.1, 0.15) is 5.76 Å². The van der Waals surface area contributed by atoms with Crippen LogP contribution in [0.4, 0.5) is 0 Å². The SMILES string of the molecule is Cc1noc(C)c1CN1Cc2ccnn2C[C@@H](OCC2CCCC2)C1. The van der Waals surface area contributed by atoms with Gasteiger partial charge in [-0.1, -0.05) is 18.0 Å². The van der Waals surface area contributed by atoms with Gasteiger partial charge in [-0.25, -0.2) is 0 Å². The molecule has 0 N–H and O–H groups in total. The van der Waals surface area contributed by atoms with Gasteiger partial charge in [-0.15, -0.1) is 0 Å². The highest BCUT2D eigenvalue weighted by atomic mass is 16.5. The Hall–Kier alpha value is -1.66. The summed E-state index contributed by atoms with van der Waals surface area (Å²) in [6.45, 7) is 8.38. The van der Waals surface area contributed by atoms with Gasteiger partial charge < -0.3 is 9.26 Å². The first kappa shape index (κ1) is 16.8. The Bertz CT molecular complexity index is 683. The summed E-state index contributed by atoms with van der Waals surface area (Å²) in [5.74, 6) is 1.66. The zero-order valence-electron chi connectivity index (χ0n) is 15.3. The minimum Gasteiger partial charge on any atom is -0.375 e. The molecule has 0 aromatic carbocycles. The Morgan fingerprint density at radius 2 is 2.08 bits per heavy atom. The zero-order chi connectivity index (χ0) is 17.2. The lowest BCUT2D eigenvalue weighted by molar-refractivity contribution is 0.000405. The van der Waals surface area contributed by atoms with Crippen LogP contribution in [0, 0.1) is 19.8 Å². The second-order valence-corrected chi connectivity index (χ2v) is 7.58. The lowest BCUT2D eigenvalue weighted by Crippen LogP contribution is -2.34. The van der Waals surface area contributed by atoms with E-state index in [2.05, 4.69) is 25.9 Å². The number of fused-ring (bicyclic) bond motifs is 1. The quantitative estimate of drug-likeness (QED) is 0.834. The molecule has 6 heteroatoms. The Morgan fingerprint density at radius 3 is 2.84 bits per heavy atom. The molecule has 0 radical (unpaired) electrons. The van der Waals surface area contributed by atoms with E-state index < -0.39 is 0 Å². The maximum absolute atomic E-state index is 6.34. The van der Waals surface area contributed by atoms with Crippen molar-refractivity contribution >= 4 is 0 Å². The van der Waals surface area contributed by atoms with Crippen molar-refractivity contribution in [1.29, 1.82) is 0 Å². The van der Waals surface area contributed by atoms with Crippen molar-refractivity contribution in [2.45, 2.75) is 65.3 Å². The molecule has 2 aromatic heterocycles. The number of ether oxygens (including phenoxy) is 1. The summed E-state index contributed by atoms with van der Waals surface area (Å²) in [5.41, 5.74) is 3.43. The predicted octanol–water partition coefficient (Wildman–Crippen LogP) is 3.08. The molecule has 25 heavy (non-hydrogen) atoms. The molecular weight excluding hydrogens is 316 g/mol. The second-order valence-electron chi connectivity index (χ2n) is 7.58. The molecule has 6 nitrogen and oxygen atoms in total. The van der Waals surface area contributed by atoms with Crippen molar-refractivity contribution in [3.8, 4) is 0 Å². The first-order valence-electron chi connectivity index (χ1n) is 9.45. The Kier molecular flexibility index (Phi) is 4.90. The molecule has 2 aromatic rings. The minimum atomic E-state index is 0.183. The number of aryl methyl sites for hydroxylation is 2. The van der Waals surface area contributed by atoms with Crippen molar-refractivity contribution in [3.63, 3.8) is 0 Å². The van der Waals surface area contributed by atoms with Crippen molar-refractivity contribution in [2.24, 2.45) is 5.92 Å². The van der Waals surface area contributed by atoms with Crippen LogP contribution >= 0.6 is 0 Å². The van der Waals surface area contributed by atoms with E-state index in [1.807, 2.05) is 20.0 Å². The fourth-order valence-electron chi connectivity index (χ4n) is 4.12. The van der Waals surface area contributed by atoms with Crippen LogP contribution in [0.25, 0.3) is 0 Å². The van der Waals surface area contributed by atoms with Crippen LogP contribution in [0.1, 0.15) is 48.4 Å². The molecule has 1 aliphatic carbocycles. The van der Waals surface area contributed by atoms with Crippen LogP contribution in [0.15, 0.2) is 16.8 Å². The predicted molar refractivity (Wildman–Crippen MR) is 94.0 cm³/mol. The molecule has 136 valence electrons. The molecule has 1 fully saturated rings. The van der Waals surface area contributed by atoms with Crippen molar-refractivity contribution in [2.75, 3.05) is 13.2 Å². The fourth-order valence-corrected chi connectivity index (χ4v) is 4.12. The molecule has 3 heterocycles. The highest BCUT2D eigenvalue weighted by Crippen LogP contribution is 2.26. The van der Waals surface area contributed by atoms with Crippen LogP contribution < -0.4 is 0 Å². The smallest absolute Gasteiger partial charge is 0.138 e. The van der Waals surface area contributed by atoms with Crippen LogP contribution in [0.2, 0.25) is 0 Å². The Morgan fingerprint density at radius 1 is 1.24 bits per heavy atom. The van der Waals surface area contributed by atoms with Crippen molar-refractivity contribution < 1.29 is 9.26 Å². The molecule has 0 unspecified atom stereocenters. The molecule has 4 rings (SSSR count). The maximum atomic E-state index is 6.34. The van der Waals surface area contributed by atoms with E-state index in [9.17, 15) is 0 Å². The third kappa shape index (κ3) is 3.80. The van der Waals surface area contributed by atoms with Gasteiger partial charge in [0.2, 0.25) is 0 Å². The van der Waals surface area contributed by atoms with Gasteiger partial charge in [0.15, 0.2) is 0 Å². The first-order chi connectivity index (χ1) is 12.2. The van der Waals surface area contributed by atoms with E-state index in [1.165, 1.54) is 36.9 Å². The molecule has 0 spiro atoms. The van der Waals surface area contributed by atoms with Gasteiger partial charge in [0, 0.05) is 38.0 Å². The normalized spacial score (nSPS) is 22.2. The van der Waals surface area contributed by atoms with E-state index in [0.29, 0.717) is 0 Å². The van der Waals surface area contributed by atoms with Crippen LogP contribution in [0.3, 0.4) is 0 Å². The van der Waals surface area contributed by atoms with Gasteiger partial charge in [0.25, 0.3) is 0 Å². The van der Waals surface area contributed by atoms with E-state index in [4.69, 9.17) is 9.26 Å². The third-order valence-electron chi connectivity index (χ3n) is 5.63. The molecule has 1 atom stereocenters. The summed E-state index contributed by atoms with van der Waals surface area (Å²) in [4.78, 5) is 2.44. The van der Waals surface area contributed by atoms with Gasteiger partial charge in [-0.2, -0.15) is 5.10 Å². The van der Waals surface area contributed by atoms with Crippen LogP contribution in [0.5, 0.6) is 0 Å². The largest absolute Gasteiger partial charge is 0.375 e. The lowest BCUT2D eigenvalue weighted by Gasteiger charge is -2.25. The van der Waals surface area contributed by atoms with Gasteiger partial charge in [0.05, 0.1) is 24.0 Å². The van der Waals surface area contributed by atoms with Gasteiger partial charge >= 0.3 is 0 Å². The molecular formula is C19H28N4O2. The molecule has 1 saturated carbocycles. The fraction of sp³-hybridized carbons (Fsp3) is 0.684. The highest BCUT2D eigenvalue weighted by molar-refractivity contribution is 5.20. The number of aromatic nitrogens is 3. The average molecular weight is 344 g/mol. The number of hydrogen-bond acceptors (Lipinski definition) is 5. The Labute approximate surface area is 149 Å². The standard InChI is InChI=1S/C19H28N4O2/c1-14-19(15(2)25-21-14)12-22-9-17-7-8-20-23(17)11-18(10-22)24-13-16-5-3-4-6-16/h7-8,16,18H,3-6,9-13H2,1-2H3/t18-/m0/s1. The second kappa shape index (κ2) is 7.30. The molecule has 0 amide bonds. The molecule has 0 bridgehead atoms. The number of hydrogen-bond donors (Lipinski definition) is 0. The van der Waals surface area contributed by atoms with Crippen LogP contribution in [-0.4, -0.2) is 39.1 Å². The summed E-state index contributed by atoms with van der Waals surface area (Å²) in [5, 5.41) is 8.59. The monoisotopic (exact) mass is 344 g/mol. The summed E-state index contributed by atoms with van der Waals surface area (Å²) < 4.78 is 13.8. The summed E-state index contributed by atoms with van der Waals surface area (Å²) in [6.07, 6.45) is 7.44. The first-order valence-corrected chi connectivity index (χ1v) is 9.45. The van der Waals surface area contributed by atoms with E-state index in [1.54, 1.807) is 0 Å². The topological polar surface area (TPSA) is 56.3 Å². The Balaban J connectivity index is 1.46. The zero-order valence-corrected chi connectivity index (χ0v) is 15.3. The summed E-state index contributed by atoms with van der Waals surface area (Å²) in [7, 11) is 0. The van der Waals surface area contributed by atoms with E-state index >= 15 is 0 Å². The maximum Gasteiger partial charge on any atom is 0.138 e. The number of nitrogens with zero attached hydrogens (tertiary/aromatic N) is 4. The van der Waals surface area contributed by atoms with Crippen LogP contribution in [-0.2, 0) is 24.4 Å².